The van der Waals surface area contributed by atoms with Crippen LogP contribution in [0.25, 0.3) is 6.08 Å². The first-order valence-corrected chi connectivity index (χ1v) is 10.4. The number of allylic oxidation sites excluding steroid dienone is 1. The Morgan fingerprint density at radius 1 is 1.22 bits per heavy atom. The summed E-state index contributed by atoms with van der Waals surface area (Å²) < 4.78 is 0. The summed E-state index contributed by atoms with van der Waals surface area (Å²) in [6.45, 7) is 7.07. The second-order valence-corrected chi connectivity index (χ2v) is 8.32. The largest absolute Gasteiger partial charge is 0.395 e. The van der Waals surface area contributed by atoms with Crippen LogP contribution in [0.3, 0.4) is 0 Å². The summed E-state index contributed by atoms with van der Waals surface area (Å²) in [7, 11) is 0. The molecule has 1 saturated heterocycles. The highest BCUT2D eigenvalue weighted by Crippen LogP contribution is 2.34. The Labute approximate surface area is 163 Å². The molecule has 3 atom stereocenters. The number of aliphatic hydroxyl groups is 1. The Kier molecular flexibility index (Phi) is 6.72. The van der Waals surface area contributed by atoms with Gasteiger partial charge in [-0.3, -0.25) is 4.79 Å². The summed E-state index contributed by atoms with van der Waals surface area (Å²) >= 11 is 0. The van der Waals surface area contributed by atoms with E-state index in [2.05, 4.69) is 54.4 Å². The van der Waals surface area contributed by atoms with Crippen LogP contribution in [0.5, 0.6) is 0 Å². The Balaban J connectivity index is 1.72. The number of aliphatic hydroxyl groups excluding tert-OH is 1. The molecule has 1 heterocycles. The highest BCUT2D eigenvalue weighted by Gasteiger charge is 2.43. The number of amides is 1. The minimum atomic E-state index is 0.0677. The molecule has 0 bridgehead atoms. The SMILES string of the molecule is C/C=C/c1ccc([C@H]2[C@H](CO)N[C@H]2CN(C(=O)C2CCCC2)C(C)C)cc1. The molecule has 1 aromatic carbocycles. The van der Waals surface area contributed by atoms with Crippen LogP contribution in [0.15, 0.2) is 30.3 Å². The predicted molar refractivity (Wildman–Crippen MR) is 110 cm³/mol. The summed E-state index contributed by atoms with van der Waals surface area (Å²) in [6, 6.07) is 9.04. The van der Waals surface area contributed by atoms with Crippen LogP contribution in [0.1, 0.15) is 63.5 Å². The van der Waals surface area contributed by atoms with E-state index in [1.807, 2.05) is 13.0 Å². The number of hydrogen-bond acceptors (Lipinski definition) is 3. The van der Waals surface area contributed by atoms with E-state index in [1.165, 1.54) is 24.0 Å². The van der Waals surface area contributed by atoms with Crippen LogP contribution >= 0.6 is 0 Å². The maximum absolute atomic E-state index is 13.0. The number of nitrogens with zero attached hydrogens (tertiary/aromatic N) is 1. The zero-order valence-electron chi connectivity index (χ0n) is 16.9. The van der Waals surface area contributed by atoms with Gasteiger partial charge < -0.3 is 15.3 Å². The zero-order valence-corrected chi connectivity index (χ0v) is 16.9. The van der Waals surface area contributed by atoms with Crippen molar-refractivity contribution in [1.29, 1.82) is 0 Å². The lowest BCUT2D eigenvalue weighted by atomic mass is 9.77. The molecule has 1 aromatic rings. The first-order chi connectivity index (χ1) is 13.0. The molecule has 1 aliphatic heterocycles. The molecule has 1 aliphatic carbocycles. The van der Waals surface area contributed by atoms with Crippen molar-refractivity contribution in [3.05, 3.63) is 41.5 Å². The first kappa shape index (κ1) is 20.1. The normalized spacial score (nSPS) is 25.9. The third kappa shape index (κ3) is 4.44. The van der Waals surface area contributed by atoms with Crippen molar-refractivity contribution in [3.8, 4) is 0 Å². The van der Waals surface area contributed by atoms with Gasteiger partial charge >= 0.3 is 0 Å². The second kappa shape index (κ2) is 9.03. The first-order valence-electron chi connectivity index (χ1n) is 10.4. The van der Waals surface area contributed by atoms with Gasteiger partial charge in [-0.2, -0.15) is 0 Å². The van der Waals surface area contributed by atoms with Crippen molar-refractivity contribution < 1.29 is 9.90 Å². The molecular formula is C23H34N2O2. The molecule has 0 radical (unpaired) electrons. The lowest BCUT2D eigenvalue weighted by Gasteiger charge is -2.48. The topological polar surface area (TPSA) is 52.6 Å². The standard InChI is InChI=1S/C23H34N2O2/c1-4-7-17-10-12-18(13-11-17)22-20(24-21(22)15-26)14-25(16(2)3)23(27)19-8-5-6-9-19/h4,7,10-13,16,19-22,24,26H,5-6,8-9,14-15H2,1-3H3/b7-4+/t20-,21-,22+/m0/s1. The summed E-state index contributed by atoms with van der Waals surface area (Å²) in [4.78, 5) is 15.1. The van der Waals surface area contributed by atoms with E-state index in [9.17, 15) is 9.90 Å². The van der Waals surface area contributed by atoms with Gasteiger partial charge in [0.1, 0.15) is 0 Å². The lowest BCUT2D eigenvalue weighted by Crippen LogP contribution is -2.65. The number of carbonyl (C=O) groups excluding carboxylic acids is 1. The van der Waals surface area contributed by atoms with Crippen LogP contribution in [0, 0.1) is 5.92 Å². The van der Waals surface area contributed by atoms with E-state index in [0.29, 0.717) is 12.5 Å². The average Bonchev–Trinajstić information content (AvgIpc) is 3.17. The fourth-order valence-electron chi connectivity index (χ4n) is 4.64. The molecule has 1 saturated carbocycles. The maximum Gasteiger partial charge on any atom is 0.225 e. The van der Waals surface area contributed by atoms with Gasteiger partial charge in [0.2, 0.25) is 5.91 Å². The smallest absolute Gasteiger partial charge is 0.225 e. The van der Waals surface area contributed by atoms with Crippen LogP contribution in [-0.2, 0) is 4.79 Å². The molecular weight excluding hydrogens is 336 g/mol. The molecule has 0 aromatic heterocycles. The minimum absolute atomic E-state index is 0.0677. The third-order valence-corrected chi connectivity index (χ3v) is 6.18. The number of carbonyl (C=O) groups is 1. The Morgan fingerprint density at radius 3 is 2.44 bits per heavy atom. The molecule has 0 spiro atoms. The van der Waals surface area contributed by atoms with E-state index in [-0.39, 0.29) is 36.6 Å². The molecule has 4 nitrogen and oxygen atoms in total. The number of benzene rings is 1. The maximum atomic E-state index is 13.0. The average molecular weight is 371 g/mol. The summed E-state index contributed by atoms with van der Waals surface area (Å²) in [5.74, 6) is 0.769. The number of nitrogens with one attached hydrogen (secondary N) is 1. The molecule has 1 amide bonds. The van der Waals surface area contributed by atoms with Crippen molar-refractivity contribution in [3.63, 3.8) is 0 Å². The van der Waals surface area contributed by atoms with E-state index in [0.717, 1.165) is 12.8 Å². The highest BCUT2D eigenvalue weighted by molar-refractivity contribution is 5.79. The van der Waals surface area contributed by atoms with Gasteiger partial charge in [-0.15, -0.1) is 0 Å². The summed E-state index contributed by atoms with van der Waals surface area (Å²) in [5, 5.41) is 13.2. The van der Waals surface area contributed by atoms with Crippen LogP contribution in [0.4, 0.5) is 0 Å². The van der Waals surface area contributed by atoms with Gasteiger partial charge in [0.25, 0.3) is 0 Å². The Hall–Kier alpha value is -1.65. The number of rotatable bonds is 7. The van der Waals surface area contributed by atoms with Crippen molar-refractivity contribution in [2.24, 2.45) is 5.92 Å². The minimum Gasteiger partial charge on any atom is -0.395 e. The van der Waals surface area contributed by atoms with Crippen molar-refractivity contribution in [1.82, 2.24) is 10.2 Å². The fourth-order valence-corrected chi connectivity index (χ4v) is 4.64. The summed E-state index contributed by atoms with van der Waals surface area (Å²) in [6.07, 6.45) is 8.55. The molecule has 2 fully saturated rings. The lowest BCUT2D eigenvalue weighted by molar-refractivity contribution is -0.138. The Bertz CT molecular complexity index is 647. The fraction of sp³-hybridized carbons (Fsp3) is 0.609. The van der Waals surface area contributed by atoms with Crippen LogP contribution < -0.4 is 5.32 Å². The van der Waals surface area contributed by atoms with Crippen molar-refractivity contribution >= 4 is 12.0 Å². The summed E-state index contributed by atoms with van der Waals surface area (Å²) in [5.41, 5.74) is 2.42. The molecule has 27 heavy (non-hydrogen) atoms. The van der Waals surface area contributed by atoms with Gasteiger partial charge in [0.05, 0.1) is 6.61 Å². The quantitative estimate of drug-likeness (QED) is 0.772. The molecule has 4 heteroatoms. The third-order valence-electron chi connectivity index (χ3n) is 6.18. The van der Waals surface area contributed by atoms with Crippen LogP contribution in [-0.4, -0.2) is 47.2 Å². The van der Waals surface area contributed by atoms with Gasteiger partial charge in [0, 0.05) is 36.5 Å². The molecule has 0 unspecified atom stereocenters. The second-order valence-electron chi connectivity index (χ2n) is 8.32. The zero-order chi connectivity index (χ0) is 19.4. The highest BCUT2D eigenvalue weighted by atomic mass is 16.3. The van der Waals surface area contributed by atoms with E-state index in [4.69, 9.17) is 0 Å². The molecule has 148 valence electrons. The van der Waals surface area contributed by atoms with E-state index < -0.39 is 0 Å². The Morgan fingerprint density at radius 2 is 1.89 bits per heavy atom. The van der Waals surface area contributed by atoms with E-state index in [1.54, 1.807) is 0 Å². The van der Waals surface area contributed by atoms with Crippen molar-refractivity contribution in [2.75, 3.05) is 13.2 Å². The molecule has 2 aliphatic rings. The van der Waals surface area contributed by atoms with Gasteiger partial charge in [-0.25, -0.2) is 0 Å². The monoisotopic (exact) mass is 370 g/mol. The van der Waals surface area contributed by atoms with Crippen LogP contribution in [0.2, 0.25) is 0 Å². The molecule has 2 N–H and O–H groups in total. The van der Waals surface area contributed by atoms with Gasteiger partial charge in [-0.05, 0) is 44.7 Å². The molecule has 3 rings (SSSR count). The number of hydrogen-bond donors (Lipinski definition) is 2. The van der Waals surface area contributed by atoms with Gasteiger partial charge in [-0.1, -0.05) is 49.3 Å². The predicted octanol–water partition coefficient (Wildman–Crippen LogP) is 3.56. The van der Waals surface area contributed by atoms with Gasteiger partial charge in [0.15, 0.2) is 0 Å². The van der Waals surface area contributed by atoms with Crippen molar-refractivity contribution in [2.45, 2.75) is 70.5 Å². The van der Waals surface area contributed by atoms with E-state index >= 15 is 0 Å².